The summed E-state index contributed by atoms with van der Waals surface area (Å²) in [4.78, 5) is 4.26. The molecule has 3 nitrogen and oxygen atoms in total. The monoisotopic (exact) mass is 247 g/mol. The zero-order chi connectivity index (χ0) is 11.7. The van der Waals surface area contributed by atoms with Crippen molar-refractivity contribution in [2.75, 3.05) is 6.54 Å². The first-order valence-electron chi connectivity index (χ1n) is 5.86. The highest BCUT2D eigenvalue weighted by Crippen LogP contribution is 2.25. The Balaban J connectivity index is 1.97. The number of aromatic nitrogens is 2. The number of imidazole rings is 1. The summed E-state index contributed by atoms with van der Waals surface area (Å²) in [6.07, 6.45) is 6.21. The van der Waals surface area contributed by atoms with Crippen molar-refractivity contribution in [2.45, 2.75) is 18.9 Å². The first kappa shape index (κ1) is 10.8. The van der Waals surface area contributed by atoms with E-state index >= 15 is 0 Å². The summed E-state index contributed by atoms with van der Waals surface area (Å²) in [6, 6.07) is 8.27. The summed E-state index contributed by atoms with van der Waals surface area (Å²) in [7, 11) is 0. The molecular formula is C13H14ClN3. The molecule has 1 saturated heterocycles. The van der Waals surface area contributed by atoms with Gasteiger partial charge >= 0.3 is 0 Å². The van der Waals surface area contributed by atoms with Crippen molar-refractivity contribution < 1.29 is 0 Å². The second-order valence-electron chi connectivity index (χ2n) is 4.31. The lowest BCUT2D eigenvalue weighted by Crippen LogP contribution is -2.16. The predicted molar refractivity (Wildman–Crippen MR) is 68.6 cm³/mol. The second-order valence-corrected chi connectivity index (χ2v) is 4.75. The molecule has 0 aliphatic carbocycles. The van der Waals surface area contributed by atoms with Crippen molar-refractivity contribution >= 4 is 11.6 Å². The van der Waals surface area contributed by atoms with Gasteiger partial charge in [0.1, 0.15) is 0 Å². The van der Waals surface area contributed by atoms with Crippen molar-refractivity contribution in [2.24, 2.45) is 0 Å². The smallest absolute Gasteiger partial charge is 0.0994 e. The topological polar surface area (TPSA) is 29.9 Å². The SMILES string of the molecule is Clc1ccc(-n2cncc2C2CCCN2)cc1. The summed E-state index contributed by atoms with van der Waals surface area (Å²) < 4.78 is 2.12. The van der Waals surface area contributed by atoms with Gasteiger partial charge in [-0.05, 0) is 43.7 Å². The lowest BCUT2D eigenvalue weighted by molar-refractivity contribution is 0.615. The van der Waals surface area contributed by atoms with Crippen molar-refractivity contribution in [3.05, 3.63) is 47.5 Å². The Morgan fingerprint density at radius 1 is 1.29 bits per heavy atom. The van der Waals surface area contributed by atoms with Crippen LogP contribution in [-0.4, -0.2) is 16.1 Å². The molecule has 1 aromatic carbocycles. The predicted octanol–water partition coefficient (Wildman–Crippen LogP) is 2.95. The molecule has 0 radical (unpaired) electrons. The molecule has 0 saturated carbocycles. The third kappa shape index (κ3) is 2.08. The van der Waals surface area contributed by atoms with Crippen molar-refractivity contribution in [3.63, 3.8) is 0 Å². The fourth-order valence-corrected chi connectivity index (χ4v) is 2.44. The summed E-state index contributed by atoms with van der Waals surface area (Å²) in [5, 5.41) is 4.25. The lowest BCUT2D eigenvalue weighted by Gasteiger charge is -2.13. The van der Waals surface area contributed by atoms with Gasteiger partial charge < -0.3 is 9.88 Å². The number of rotatable bonds is 2. The molecule has 0 bridgehead atoms. The van der Waals surface area contributed by atoms with Gasteiger partial charge in [-0.3, -0.25) is 0 Å². The van der Waals surface area contributed by atoms with E-state index in [2.05, 4.69) is 14.9 Å². The van der Waals surface area contributed by atoms with E-state index in [-0.39, 0.29) is 0 Å². The number of hydrogen-bond donors (Lipinski definition) is 1. The van der Waals surface area contributed by atoms with E-state index in [1.807, 2.05) is 36.8 Å². The Morgan fingerprint density at radius 3 is 2.82 bits per heavy atom. The van der Waals surface area contributed by atoms with Crippen LogP contribution in [0.4, 0.5) is 0 Å². The van der Waals surface area contributed by atoms with Gasteiger partial charge in [0.2, 0.25) is 0 Å². The molecule has 0 amide bonds. The van der Waals surface area contributed by atoms with E-state index in [1.54, 1.807) is 0 Å². The number of hydrogen-bond acceptors (Lipinski definition) is 2. The zero-order valence-electron chi connectivity index (χ0n) is 9.44. The Kier molecular flexibility index (Phi) is 2.87. The maximum atomic E-state index is 5.90. The molecule has 1 fully saturated rings. The van der Waals surface area contributed by atoms with Crippen LogP contribution in [0.2, 0.25) is 5.02 Å². The second kappa shape index (κ2) is 4.51. The third-order valence-corrected chi connectivity index (χ3v) is 3.44. The Bertz CT molecular complexity index is 498. The van der Waals surface area contributed by atoms with Gasteiger partial charge in [0.05, 0.1) is 18.2 Å². The standard InChI is InChI=1S/C13H14ClN3/c14-10-3-5-11(6-4-10)17-9-15-8-13(17)12-2-1-7-16-12/h3-6,8-9,12,16H,1-2,7H2. The van der Waals surface area contributed by atoms with Gasteiger partial charge in [0.15, 0.2) is 0 Å². The Labute approximate surface area is 105 Å². The molecule has 4 heteroatoms. The lowest BCUT2D eigenvalue weighted by atomic mass is 10.1. The van der Waals surface area contributed by atoms with Crippen LogP contribution in [0.3, 0.4) is 0 Å². The molecule has 1 aliphatic heterocycles. The van der Waals surface area contributed by atoms with Gasteiger partial charge in [0, 0.05) is 16.8 Å². The summed E-state index contributed by atoms with van der Waals surface area (Å²) in [5.41, 5.74) is 2.33. The maximum absolute atomic E-state index is 5.90. The summed E-state index contributed by atoms with van der Waals surface area (Å²) >= 11 is 5.90. The van der Waals surface area contributed by atoms with E-state index < -0.39 is 0 Å². The first-order valence-corrected chi connectivity index (χ1v) is 6.24. The molecule has 0 spiro atoms. The van der Waals surface area contributed by atoms with Gasteiger partial charge in [-0.2, -0.15) is 0 Å². The van der Waals surface area contributed by atoms with Crippen LogP contribution < -0.4 is 5.32 Å². The largest absolute Gasteiger partial charge is 0.309 e. The van der Waals surface area contributed by atoms with Crippen LogP contribution >= 0.6 is 11.6 Å². The number of nitrogens with zero attached hydrogens (tertiary/aromatic N) is 2. The average Bonchev–Trinajstić information content (AvgIpc) is 3.00. The summed E-state index contributed by atoms with van der Waals surface area (Å²) in [5.74, 6) is 0. The van der Waals surface area contributed by atoms with Crippen LogP contribution in [0.25, 0.3) is 5.69 Å². The van der Waals surface area contributed by atoms with E-state index in [9.17, 15) is 0 Å². The maximum Gasteiger partial charge on any atom is 0.0994 e. The van der Waals surface area contributed by atoms with Gasteiger partial charge in [-0.1, -0.05) is 11.6 Å². The summed E-state index contributed by atoms with van der Waals surface area (Å²) in [6.45, 7) is 1.09. The highest BCUT2D eigenvalue weighted by Gasteiger charge is 2.20. The molecule has 1 unspecified atom stereocenters. The molecule has 1 aromatic heterocycles. The van der Waals surface area contributed by atoms with Crippen LogP contribution in [0.1, 0.15) is 24.6 Å². The normalized spacial score (nSPS) is 19.7. The Morgan fingerprint density at radius 2 is 2.12 bits per heavy atom. The Hall–Kier alpha value is -1.32. The minimum atomic E-state index is 0.424. The number of nitrogens with one attached hydrogen (secondary N) is 1. The zero-order valence-corrected chi connectivity index (χ0v) is 10.2. The molecule has 2 heterocycles. The van der Waals surface area contributed by atoms with Gasteiger partial charge in [-0.25, -0.2) is 4.98 Å². The quantitative estimate of drug-likeness (QED) is 0.884. The highest BCUT2D eigenvalue weighted by atomic mass is 35.5. The molecule has 3 rings (SSSR count). The number of halogens is 1. The highest BCUT2D eigenvalue weighted by molar-refractivity contribution is 6.30. The van der Waals surface area contributed by atoms with Gasteiger partial charge in [0.25, 0.3) is 0 Å². The van der Waals surface area contributed by atoms with E-state index in [0.29, 0.717) is 6.04 Å². The van der Waals surface area contributed by atoms with Crippen LogP contribution in [0.15, 0.2) is 36.8 Å². The van der Waals surface area contributed by atoms with Crippen LogP contribution in [0.5, 0.6) is 0 Å². The van der Waals surface area contributed by atoms with E-state index in [4.69, 9.17) is 11.6 Å². The van der Waals surface area contributed by atoms with E-state index in [1.165, 1.54) is 18.5 Å². The van der Waals surface area contributed by atoms with Gasteiger partial charge in [-0.15, -0.1) is 0 Å². The fourth-order valence-electron chi connectivity index (χ4n) is 2.32. The van der Waals surface area contributed by atoms with Crippen molar-refractivity contribution in [3.8, 4) is 5.69 Å². The molecule has 88 valence electrons. The van der Waals surface area contributed by atoms with Crippen LogP contribution in [-0.2, 0) is 0 Å². The van der Waals surface area contributed by atoms with Crippen molar-refractivity contribution in [1.29, 1.82) is 0 Å². The molecule has 2 aromatic rings. The molecular weight excluding hydrogens is 234 g/mol. The fraction of sp³-hybridized carbons (Fsp3) is 0.308. The molecule has 17 heavy (non-hydrogen) atoms. The first-order chi connectivity index (χ1) is 8.34. The minimum absolute atomic E-state index is 0.424. The van der Waals surface area contributed by atoms with Crippen LogP contribution in [0, 0.1) is 0 Å². The molecule has 1 N–H and O–H groups in total. The van der Waals surface area contributed by atoms with Crippen molar-refractivity contribution in [1.82, 2.24) is 14.9 Å². The molecule has 1 atom stereocenters. The molecule has 1 aliphatic rings. The van der Waals surface area contributed by atoms with E-state index in [0.717, 1.165) is 17.3 Å². The number of benzene rings is 1. The average molecular weight is 248 g/mol. The minimum Gasteiger partial charge on any atom is -0.309 e. The third-order valence-electron chi connectivity index (χ3n) is 3.19.